The molecule has 0 amide bonds. The molecule has 2 rings (SSSR count). The average Bonchev–Trinajstić information content (AvgIpc) is 2.67. The van der Waals surface area contributed by atoms with Gasteiger partial charge in [0, 0.05) is 34.1 Å². The maximum atomic E-state index is 12.5. The summed E-state index contributed by atoms with van der Waals surface area (Å²) in [7, 11) is 1.61. The number of carboxylic acid groups (broad SMARTS) is 1. The smallest absolute Gasteiger partial charge is 0.329 e. The van der Waals surface area contributed by atoms with Crippen LogP contribution in [0.5, 0.6) is 0 Å². The second-order valence-electron chi connectivity index (χ2n) is 5.37. The zero-order valence-electron chi connectivity index (χ0n) is 13.3. The number of hydrogen-bond donors (Lipinski definition) is 1. The number of imidazole rings is 1. The summed E-state index contributed by atoms with van der Waals surface area (Å²) in [5.74, 6) is -1.08. The molecule has 2 aromatic rings. The molecule has 5 nitrogen and oxygen atoms in total. The van der Waals surface area contributed by atoms with Gasteiger partial charge in [-0.2, -0.15) is 0 Å². The Bertz CT molecular complexity index is 849. The van der Waals surface area contributed by atoms with Crippen molar-refractivity contribution in [1.29, 1.82) is 0 Å². The summed E-state index contributed by atoms with van der Waals surface area (Å²) < 4.78 is 3.04. The molecule has 0 fully saturated rings. The van der Waals surface area contributed by atoms with Gasteiger partial charge in [0.1, 0.15) is 5.03 Å². The molecule has 0 unspecified atom stereocenters. The Morgan fingerprint density at radius 3 is 2.33 bits per heavy atom. The Hall–Kier alpha value is -1.63. The van der Waals surface area contributed by atoms with Crippen LogP contribution in [0.25, 0.3) is 6.08 Å². The number of aromatic nitrogens is 2. The molecule has 0 saturated heterocycles. The maximum absolute atomic E-state index is 12.5. The van der Waals surface area contributed by atoms with Gasteiger partial charge in [-0.1, -0.05) is 35.0 Å². The van der Waals surface area contributed by atoms with E-state index in [1.54, 1.807) is 29.8 Å². The Labute approximate surface area is 153 Å². The molecule has 0 aliphatic carbocycles. The third-order valence-corrected chi connectivity index (χ3v) is 4.75. The third-order valence-electron chi connectivity index (χ3n) is 3.24. The summed E-state index contributed by atoms with van der Waals surface area (Å²) in [4.78, 5) is 24.1. The van der Waals surface area contributed by atoms with E-state index in [1.165, 1.54) is 22.4 Å². The highest BCUT2D eigenvalue weighted by molar-refractivity contribution is 7.99. The van der Waals surface area contributed by atoms with Crippen molar-refractivity contribution in [2.24, 2.45) is 7.05 Å². The maximum Gasteiger partial charge on any atom is 0.329 e. The van der Waals surface area contributed by atoms with Gasteiger partial charge >= 0.3 is 11.7 Å². The minimum atomic E-state index is -1.08. The lowest BCUT2D eigenvalue weighted by Crippen LogP contribution is -2.24. The fourth-order valence-electron chi connectivity index (χ4n) is 2.21. The lowest BCUT2D eigenvalue weighted by molar-refractivity contribution is -0.131. The van der Waals surface area contributed by atoms with Crippen molar-refractivity contribution in [2.45, 2.75) is 29.8 Å². The van der Waals surface area contributed by atoms with Gasteiger partial charge in [0.25, 0.3) is 0 Å². The number of aliphatic carboxylic acids is 1. The number of carbonyl (C=O) groups is 1. The molecular formula is C16H16Cl2N2O3S. The molecule has 0 saturated carbocycles. The fourth-order valence-corrected chi connectivity index (χ4v) is 4.15. The number of nitrogens with zero attached hydrogens (tertiary/aromatic N) is 2. The van der Waals surface area contributed by atoms with Crippen LogP contribution in [-0.2, 0) is 11.8 Å². The predicted octanol–water partition coefficient (Wildman–Crippen LogP) is 4.32. The highest BCUT2D eigenvalue weighted by Crippen LogP contribution is 2.35. The van der Waals surface area contributed by atoms with Gasteiger partial charge < -0.3 is 5.11 Å². The Morgan fingerprint density at radius 2 is 1.83 bits per heavy atom. The molecule has 0 atom stereocenters. The molecule has 0 spiro atoms. The van der Waals surface area contributed by atoms with Crippen LogP contribution in [0.2, 0.25) is 10.0 Å². The Kier molecular flexibility index (Phi) is 5.85. The minimum absolute atomic E-state index is 0.0900. The number of benzene rings is 1. The summed E-state index contributed by atoms with van der Waals surface area (Å²) in [5.41, 5.74) is 0.294. The van der Waals surface area contributed by atoms with Crippen molar-refractivity contribution >= 4 is 47.0 Å². The molecule has 1 heterocycles. The van der Waals surface area contributed by atoms with Gasteiger partial charge in [0.15, 0.2) is 0 Å². The molecule has 0 aliphatic heterocycles. The largest absolute Gasteiger partial charge is 0.478 e. The van der Waals surface area contributed by atoms with E-state index in [1.807, 2.05) is 13.8 Å². The molecule has 1 aromatic heterocycles. The summed E-state index contributed by atoms with van der Waals surface area (Å²) in [5, 5.41) is 10.5. The first kappa shape index (κ1) is 18.7. The first-order valence-electron chi connectivity index (χ1n) is 7.07. The fraction of sp³-hybridized carbons (Fsp3) is 0.250. The Balaban J connectivity index is 2.63. The quantitative estimate of drug-likeness (QED) is 0.776. The van der Waals surface area contributed by atoms with E-state index in [4.69, 9.17) is 28.3 Å². The molecule has 24 heavy (non-hydrogen) atoms. The summed E-state index contributed by atoms with van der Waals surface area (Å²) in [6.07, 6.45) is 2.42. The van der Waals surface area contributed by atoms with Crippen LogP contribution in [0.15, 0.2) is 39.0 Å². The zero-order chi connectivity index (χ0) is 18.0. The van der Waals surface area contributed by atoms with Crippen molar-refractivity contribution in [3.05, 3.63) is 50.5 Å². The third kappa shape index (κ3) is 4.06. The minimum Gasteiger partial charge on any atom is -0.478 e. The summed E-state index contributed by atoms with van der Waals surface area (Å²) >= 11 is 13.4. The highest BCUT2D eigenvalue weighted by atomic mass is 35.5. The van der Waals surface area contributed by atoms with E-state index in [2.05, 4.69) is 0 Å². The SMILES string of the molecule is CC(C)n1c(Sc2cc(Cl)cc(Cl)c2)c(/C=C/C(=O)O)n(C)c1=O. The van der Waals surface area contributed by atoms with Crippen LogP contribution in [0.3, 0.4) is 0 Å². The van der Waals surface area contributed by atoms with Gasteiger partial charge in [-0.05, 0) is 38.1 Å². The van der Waals surface area contributed by atoms with E-state index in [-0.39, 0.29) is 11.7 Å². The van der Waals surface area contributed by atoms with Gasteiger partial charge in [0.2, 0.25) is 0 Å². The number of halogens is 2. The van der Waals surface area contributed by atoms with Crippen molar-refractivity contribution < 1.29 is 9.90 Å². The normalized spacial score (nSPS) is 11.6. The molecule has 0 aliphatic rings. The van der Waals surface area contributed by atoms with Crippen LogP contribution < -0.4 is 5.69 Å². The molecule has 128 valence electrons. The van der Waals surface area contributed by atoms with Crippen LogP contribution in [-0.4, -0.2) is 20.2 Å². The topological polar surface area (TPSA) is 64.2 Å². The molecular weight excluding hydrogens is 371 g/mol. The van der Waals surface area contributed by atoms with Crippen molar-refractivity contribution in [3.63, 3.8) is 0 Å². The zero-order valence-corrected chi connectivity index (χ0v) is 15.6. The lowest BCUT2D eigenvalue weighted by atomic mass is 10.3. The monoisotopic (exact) mass is 386 g/mol. The van der Waals surface area contributed by atoms with E-state index < -0.39 is 5.97 Å². The second kappa shape index (κ2) is 7.51. The average molecular weight is 387 g/mol. The Morgan fingerprint density at radius 1 is 1.25 bits per heavy atom. The number of rotatable bonds is 5. The molecule has 1 N–H and O–H groups in total. The standard InChI is InChI=1S/C16H16Cl2N2O3S/c1-9(2)20-15(24-12-7-10(17)6-11(18)8-12)13(4-5-14(21)22)19(3)16(20)23/h4-9H,1-3H3,(H,21,22)/b5-4+. The summed E-state index contributed by atoms with van der Waals surface area (Å²) in [6.45, 7) is 3.78. The highest BCUT2D eigenvalue weighted by Gasteiger charge is 2.19. The number of carboxylic acids is 1. The van der Waals surface area contributed by atoms with Crippen molar-refractivity contribution in [2.75, 3.05) is 0 Å². The first-order chi connectivity index (χ1) is 11.2. The molecule has 1 aromatic carbocycles. The lowest BCUT2D eigenvalue weighted by Gasteiger charge is -2.11. The van der Waals surface area contributed by atoms with Crippen LogP contribution in [0, 0.1) is 0 Å². The molecule has 8 heteroatoms. The number of hydrogen-bond acceptors (Lipinski definition) is 3. The predicted molar refractivity (Wildman–Crippen MR) is 97.3 cm³/mol. The van der Waals surface area contributed by atoms with Crippen LogP contribution in [0.1, 0.15) is 25.6 Å². The van der Waals surface area contributed by atoms with Gasteiger partial charge in [-0.15, -0.1) is 0 Å². The van der Waals surface area contributed by atoms with Crippen LogP contribution in [0.4, 0.5) is 0 Å². The summed E-state index contributed by atoms with van der Waals surface area (Å²) in [6, 6.07) is 5.02. The van der Waals surface area contributed by atoms with Gasteiger partial charge in [-0.3, -0.25) is 9.13 Å². The van der Waals surface area contributed by atoms with Crippen molar-refractivity contribution in [1.82, 2.24) is 9.13 Å². The van der Waals surface area contributed by atoms with Gasteiger partial charge in [-0.25, -0.2) is 9.59 Å². The second-order valence-corrected chi connectivity index (χ2v) is 7.31. The van der Waals surface area contributed by atoms with E-state index in [0.29, 0.717) is 20.8 Å². The van der Waals surface area contributed by atoms with E-state index >= 15 is 0 Å². The van der Waals surface area contributed by atoms with E-state index in [9.17, 15) is 9.59 Å². The first-order valence-corrected chi connectivity index (χ1v) is 8.64. The molecule has 0 radical (unpaired) electrons. The van der Waals surface area contributed by atoms with Crippen molar-refractivity contribution in [3.8, 4) is 0 Å². The van der Waals surface area contributed by atoms with E-state index in [0.717, 1.165) is 11.0 Å². The molecule has 0 bridgehead atoms. The van der Waals surface area contributed by atoms with Crippen LogP contribution >= 0.6 is 35.0 Å². The van der Waals surface area contributed by atoms with Gasteiger partial charge in [0.05, 0.1) is 5.69 Å².